The Morgan fingerprint density at radius 1 is 1.17 bits per heavy atom. The van der Waals surface area contributed by atoms with Crippen LogP contribution in [0, 0.1) is 13.8 Å². The van der Waals surface area contributed by atoms with E-state index < -0.39 is 5.97 Å². The summed E-state index contributed by atoms with van der Waals surface area (Å²) in [4.78, 5) is 25.7. The molecule has 0 atom stereocenters. The smallest absolute Gasteiger partial charge is 0.342 e. The lowest BCUT2D eigenvalue weighted by Gasteiger charge is -2.13. The summed E-state index contributed by atoms with van der Waals surface area (Å²) in [5.41, 5.74) is 2.41. The zero-order chi connectivity index (χ0) is 17.7. The van der Waals surface area contributed by atoms with Gasteiger partial charge in [-0.3, -0.25) is 4.79 Å². The number of aryl methyl sites for hydroxylation is 2. The van der Waals surface area contributed by atoms with Crippen LogP contribution in [0.2, 0.25) is 0 Å². The van der Waals surface area contributed by atoms with Crippen molar-refractivity contribution in [3.05, 3.63) is 53.0 Å². The Morgan fingerprint density at radius 2 is 1.83 bits per heavy atom. The molecule has 1 N–H and O–H groups in total. The minimum absolute atomic E-state index is 0.321. The van der Waals surface area contributed by atoms with Gasteiger partial charge in [0.05, 0.1) is 0 Å². The largest absolute Gasteiger partial charge is 0.466 e. The molecule has 1 heterocycles. The fourth-order valence-electron chi connectivity index (χ4n) is 2.21. The van der Waals surface area contributed by atoms with E-state index in [2.05, 4.69) is 5.32 Å². The average molecular weight is 330 g/mol. The summed E-state index contributed by atoms with van der Waals surface area (Å²) in [6.45, 7) is 3.49. The molecule has 1 aromatic heterocycles. The number of rotatable bonds is 6. The van der Waals surface area contributed by atoms with Crippen LogP contribution in [0.5, 0.6) is 0 Å². The van der Waals surface area contributed by atoms with Crippen LogP contribution in [-0.2, 0) is 16.1 Å². The Balaban J connectivity index is 1.79. The van der Waals surface area contributed by atoms with Crippen molar-refractivity contribution in [2.45, 2.75) is 20.4 Å². The van der Waals surface area contributed by atoms with Crippen LogP contribution >= 0.6 is 0 Å². The minimum Gasteiger partial charge on any atom is -0.466 e. The van der Waals surface area contributed by atoms with Crippen molar-refractivity contribution in [3.8, 4) is 0 Å². The molecule has 0 aliphatic carbocycles. The number of hydrogen-bond acceptors (Lipinski definition) is 5. The molecule has 0 radical (unpaired) electrons. The zero-order valence-electron chi connectivity index (χ0n) is 14.4. The summed E-state index contributed by atoms with van der Waals surface area (Å²) in [6.07, 6.45) is 0. The molecular weight excluding hydrogens is 308 g/mol. The number of furan rings is 1. The van der Waals surface area contributed by atoms with Gasteiger partial charge in [-0.1, -0.05) is 12.1 Å². The van der Waals surface area contributed by atoms with Crippen LogP contribution in [0.25, 0.3) is 0 Å². The number of esters is 1. The van der Waals surface area contributed by atoms with E-state index in [1.54, 1.807) is 19.9 Å². The van der Waals surface area contributed by atoms with Gasteiger partial charge in [-0.25, -0.2) is 4.79 Å². The van der Waals surface area contributed by atoms with E-state index in [1.165, 1.54) is 0 Å². The molecule has 1 aromatic carbocycles. The number of carbonyl (C=O) groups is 2. The van der Waals surface area contributed by atoms with Crippen molar-refractivity contribution in [2.75, 3.05) is 25.6 Å². The summed E-state index contributed by atoms with van der Waals surface area (Å²) in [6, 6.07) is 9.44. The first-order valence-corrected chi connectivity index (χ1v) is 7.64. The molecule has 2 rings (SSSR count). The van der Waals surface area contributed by atoms with Gasteiger partial charge in [-0.2, -0.15) is 0 Å². The maximum Gasteiger partial charge on any atom is 0.342 e. The summed E-state index contributed by atoms with van der Waals surface area (Å²) in [5.74, 6) is 0.205. The van der Waals surface area contributed by atoms with Gasteiger partial charge in [0, 0.05) is 26.3 Å². The topological polar surface area (TPSA) is 71.8 Å². The second-order valence-corrected chi connectivity index (χ2v) is 5.74. The van der Waals surface area contributed by atoms with Crippen LogP contribution in [0.4, 0.5) is 5.69 Å². The van der Waals surface area contributed by atoms with E-state index in [1.807, 2.05) is 43.3 Å². The van der Waals surface area contributed by atoms with Gasteiger partial charge < -0.3 is 19.4 Å². The number of nitrogens with zero attached hydrogens (tertiary/aromatic N) is 1. The van der Waals surface area contributed by atoms with Gasteiger partial charge >= 0.3 is 5.97 Å². The van der Waals surface area contributed by atoms with Crippen molar-refractivity contribution in [1.82, 2.24) is 5.32 Å². The lowest BCUT2D eigenvalue weighted by atomic mass is 10.2. The number of hydrogen-bond donors (Lipinski definition) is 1. The number of anilines is 1. The molecule has 0 unspecified atom stereocenters. The predicted octanol–water partition coefficient (Wildman–Crippen LogP) is 2.44. The standard InChI is InChI=1S/C18H22N2O4/c1-12-9-16(13(2)24-12)18(22)23-11-17(21)19-10-14-5-7-15(8-6-14)20(3)4/h5-9H,10-11H2,1-4H3,(H,19,21). The summed E-state index contributed by atoms with van der Waals surface area (Å²) < 4.78 is 10.3. The number of carbonyl (C=O) groups excluding carboxylic acids is 2. The first-order chi connectivity index (χ1) is 11.4. The summed E-state index contributed by atoms with van der Waals surface area (Å²) in [7, 11) is 3.93. The van der Waals surface area contributed by atoms with Gasteiger partial charge in [0.25, 0.3) is 5.91 Å². The highest BCUT2D eigenvalue weighted by atomic mass is 16.5. The normalized spacial score (nSPS) is 10.3. The lowest BCUT2D eigenvalue weighted by Crippen LogP contribution is -2.28. The quantitative estimate of drug-likeness (QED) is 0.824. The Bertz CT molecular complexity index is 717. The number of nitrogens with one attached hydrogen (secondary N) is 1. The maximum atomic E-state index is 11.9. The number of amides is 1. The first-order valence-electron chi connectivity index (χ1n) is 7.64. The molecule has 128 valence electrons. The molecule has 0 saturated heterocycles. The van der Waals surface area contributed by atoms with Gasteiger partial charge in [0.2, 0.25) is 0 Å². The highest BCUT2D eigenvalue weighted by Gasteiger charge is 2.16. The third-order valence-corrected chi connectivity index (χ3v) is 3.54. The Hall–Kier alpha value is -2.76. The molecule has 0 fully saturated rings. The van der Waals surface area contributed by atoms with Crippen molar-refractivity contribution in [2.24, 2.45) is 0 Å². The molecule has 0 bridgehead atoms. The predicted molar refractivity (Wildman–Crippen MR) is 91.1 cm³/mol. The van der Waals surface area contributed by atoms with E-state index in [-0.39, 0.29) is 12.5 Å². The first kappa shape index (κ1) is 17.6. The maximum absolute atomic E-state index is 11.9. The summed E-state index contributed by atoms with van der Waals surface area (Å²) >= 11 is 0. The van der Waals surface area contributed by atoms with E-state index in [4.69, 9.17) is 9.15 Å². The van der Waals surface area contributed by atoms with Gasteiger partial charge in [-0.05, 0) is 37.6 Å². The van der Waals surface area contributed by atoms with Crippen LogP contribution < -0.4 is 10.2 Å². The zero-order valence-corrected chi connectivity index (χ0v) is 14.4. The van der Waals surface area contributed by atoms with E-state index in [0.717, 1.165) is 11.3 Å². The second kappa shape index (κ2) is 7.68. The molecule has 24 heavy (non-hydrogen) atoms. The minimum atomic E-state index is -0.560. The van der Waals surface area contributed by atoms with Crippen LogP contribution in [0.1, 0.15) is 27.4 Å². The third kappa shape index (κ3) is 4.62. The Kier molecular flexibility index (Phi) is 5.63. The molecule has 0 aliphatic heterocycles. The SMILES string of the molecule is Cc1cc(C(=O)OCC(=O)NCc2ccc(N(C)C)cc2)c(C)o1. The van der Waals surface area contributed by atoms with Crippen LogP contribution in [0.15, 0.2) is 34.7 Å². The molecule has 0 spiro atoms. The monoisotopic (exact) mass is 330 g/mol. The highest BCUT2D eigenvalue weighted by Crippen LogP contribution is 2.14. The number of ether oxygens (including phenoxy) is 1. The van der Waals surface area contributed by atoms with E-state index in [0.29, 0.717) is 23.6 Å². The molecule has 6 nitrogen and oxygen atoms in total. The van der Waals surface area contributed by atoms with Crippen molar-refractivity contribution < 1.29 is 18.7 Å². The van der Waals surface area contributed by atoms with Gasteiger partial charge in [0.15, 0.2) is 6.61 Å². The highest BCUT2D eigenvalue weighted by molar-refractivity contribution is 5.92. The molecular formula is C18H22N2O4. The summed E-state index contributed by atoms with van der Waals surface area (Å²) in [5, 5.41) is 2.72. The number of benzene rings is 1. The van der Waals surface area contributed by atoms with E-state index in [9.17, 15) is 9.59 Å². The lowest BCUT2D eigenvalue weighted by molar-refractivity contribution is -0.124. The molecule has 6 heteroatoms. The van der Waals surface area contributed by atoms with Crippen LogP contribution in [-0.4, -0.2) is 32.6 Å². The molecule has 1 amide bonds. The fraction of sp³-hybridized carbons (Fsp3) is 0.333. The Labute approximate surface area is 141 Å². The Morgan fingerprint density at radius 3 is 2.38 bits per heavy atom. The van der Waals surface area contributed by atoms with Crippen molar-refractivity contribution in [3.63, 3.8) is 0 Å². The average Bonchev–Trinajstić information content (AvgIpc) is 2.89. The van der Waals surface area contributed by atoms with E-state index >= 15 is 0 Å². The molecule has 0 aliphatic rings. The second-order valence-electron chi connectivity index (χ2n) is 5.74. The molecule has 2 aromatic rings. The molecule has 0 saturated carbocycles. The van der Waals surface area contributed by atoms with Gasteiger partial charge in [0.1, 0.15) is 17.1 Å². The van der Waals surface area contributed by atoms with Gasteiger partial charge in [-0.15, -0.1) is 0 Å². The van der Waals surface area contributed by atoms with Crippen molar-refractivity contribution in [1.29, 1.82) is 0 Å². The third-order valence-electron chi connectivity index (χ3n) is 3.54. The van der Waals surface area contributed by atoms with Crippen molar-refractivity contribution >= 4 is 17.6 Å². The fourth-order valence-corrected chi connectivity index (χ4v) is 2.21. The van der Waals surface area contributed by atoms with Crippen LogP contribution in [0.3, 0.4) is 0 Å².